The lowest BCUT2D eigenvalue weighted by atomic mass is 10.00. The van der Waals surface area contributed by atoms with E-state index in [1.165, 1.54) is 17.0 Å². The molecule has 5 nitrogen and oxygen atoms in total. The van der Waals surface area contributed by atoms with Gasteiger partial charge in [-0.1, -0.05) is 0 Å². The van der Waals surface area contributed by atoms with Crippen LogP contribution in [-0.2, 0) is 16.0 Å². The van der Waals surface area contributed by atoms with Gasteiger partial charge in [-0.15, -0.1) is 0 Å². The van der Waals surface area contributed by atoms with Crippen LogP contribution in [0.5, 0.6) is 5.75 Å². The second-order valence-corrected chi connectivity index (χ2v) is 5.98. The Balaban J connectivity index is 1.73. The standard InChI is InChI=1S/C15H17FN2O3/c1-15(2)14(20)18(13(19)7-17-15)8-11-6-9-5-10(16)3-4-12(9)21-11/h3-5,11,17H,6-8H2,1-2H3. The molecule has 1 unspecified atom stereocenters. The van der Waals surface area contributed by atoms with Gasteiger partial charge in [-0.05, 0) is 32.0 Å². The highest BCUT2D eigenvalue weighted by Gasteiger charge is 2.41. The van der Waals surface area contributed by atoms with Crippen molar-refractivity contribution in [3.63, 3.8) is 0 Å². The zero-order valence-electron chi connectivity index (χ0n) is 12.0. The van der Waals surface area contributed by atoms with E-state index in [0.717, 1.165) is 5.56 Å². The van der Waals surface area contributed by atoms with Gasteiger partial charge in [0.25, 0.3) is 0 Å². The molecule has 2 aliphatic heterocycles. The van der Waals surface area contributed by atoms with Crippen molar-refractivity contribution in [2.75, 3.05) is 13.1 Å². The number of imide groups is 1. The fourth-order valence-corrected chi connectivity index (χ4v) is 2.70. The summed E-state index contributed by atoms with van der Waals surface area (Å²) in [7, 11) is 0. The molecular formula is C15H17FN2O3. The van der Waals surface area contributed by atoms with Crippen molar-refractivity contribution in [1.82, 2.24) is 10.2 Å². The van der Waals surface area contributed by atoms with Crippen molar-refractivity contribution in [2.45, 2.75) is 31.9 Å². The molecule has 3 rings (SSSR count). The number of carbonyl (C=O) groups excluding carboxylic acids is 2. The third-order valence-corrected chi connectivity index (χ3v) is 3.91. The fourth-order valence-electron chi connectivity index (χ4n) is 2.70. The summed E-state index contributed by atoms with van der Waals surface area (Å²) in [5.41, 5.74) is 0.0140. The minimum atomic E-state index is -0.758. The predicted octanol–water partition coefficient (Wildman–Crippen LogP) is 0.866. The largest absolute Gasteiger partial charge is 0.488 e. The Labute approximate surface area is 122 Å². The summed E-state index contributed by atoms with van der Waals surface area (Å²) in [5.74, 6) is -0.210. The smallest absolute Gasteiger partial charge is 0.249 e. The average molecular weight is 292 g/mol. The molecule has 0 spiro atoms. The normalized spacial score (nSPS) is 24.0. The van der Waals surface area contributed by atoms with Crippen LogP contribution in [0, 0.1) is 5.82 Å². The highest BCUT2D eigenvalue weighted by atomic mass is 19.1. The molecule has 0 aliphatic carbocycles. The SMILES string of the molecule is CC1(C)NCC(=O)N(CC2Cc3cc(F)ccc3O2)C1=O. The van der Waals surface area contributed by atoms with Gasteiger partial charge in [0.15, 0.2) is 0 Å². The van der Waals surface area contributed by atoms with Crippen molar-refractivity contribution >= 4 is 11.8 Å². The number of hydrogen-bond acceptors (Lipinski definition) is 4. The van der Waals surface area contributed by atoms with Crippen LogP contribution >= 0.6 is 0 Å². The van der Waals surface area contributed by atoms with Crippen LogP contribution in [0.25, 0.3) is 0 Å². The lowest BCUT2D eigenvalue weighted by molar-refractivity contribution is -0.153. The fraction of sp³-hybridized carbons (Fsp3) is 0.467. The second kappa shape index (κ2) is 4.80. The Morgan fingerprint density at radius 2 is 2.19 bits per heavy atom. The number of halogens is 1. The van der Waals surface area contributed by atoms with Crippen LogP contribution in [0.2, 0.25) is 0 Å². The Morgan fingerprint density at radius 1 is 1.43 bits per heavy atom. The highest BCUT2D eigenvalue weighted by molar-refractivity contribution is 6.03. The predicted molar refractivity (Wildman–Crippen MR) is 73.3 cm³/mol. The number of benzene rings is 1. The first-order valence-electron chi connectivity index (χ1n) is 6.92. The number of rotatable bonds is 2. The Morgan fingerprint density at radius 3 is 2.95 bits per heavy atom. The average Bonchev–Trinajstić information content (AvgIpc) is 2.81. The van der Waals surface area contributed by atoms with E-state index in [2.05, 4.69) is 5.32 Å². The topological polar surface area (TPSA) is 58.6 Å². The van der Waals surface area contributed by atoms with E-state index in [1.54, 1.807) is 19.9 Å². The molecule has 1 atom stereocenters. The molecule has 21 heavy (non-hydrogen) atoms. The maximum atomic E-state index is 13.2. The van der Waals surface area contributed by atoms with E-state index in [1.807, 2.05) is 0 Å². The number of carbonyl (C=O) groups is 2. The zero-order valence-corrected chi connectivity index (χ0v) is 12.0. The molecule has 0 aromatic heterocycles. The third kappa shape index (κ3) is 2.51. The molecular weight excluding hydrogens is 275 g/mol. The molecule has 1 aromatic carbocycles. The highest BCUT2D eigenvalue weighted by Crippen LogP contribution is 2.30. The Bertz CT molecular complexity index is 615. The number of ether oxygens (including phenoxy) is 1. The number of piperazine rings is 1. The lowest BCUT2D eigenvalue weighted by Crippen LogP contribution is -2.64. The first kappa shape index (κ1) is 14.0. The van der Waals surface area contributed by atoms with Crippen LogP contribution in [-0.4, -0.2) is 41.4 Å². The molecule has 1 saturated heterocycles. The van der Waals surface area contributed by atoms with Crippen molar-refractivity contribution < 1.29 is 18.7 Å². The number of amides is 2. The van der Waals surface area contributed by atoms with E-state index in [0.29, 0.717) is 12.2 Å². The van der Waals surface area contributed by atoms with Crippen LogP contribution in [0.4, 0.5) is 4.39 Å². The van der Waals surface area contributed by atoms with Crippen LogP contribution in [0.3, 0.4) is 0 Å². The number of fused-ring (bicyclic) bond motifs is 1. The minimum absolute atomic E-state index is 0.132. The molecule has 112 valence electrons. The van der Waals surface area contributed by atoms with Gasteiger partial charge >= 0.3 is 0 Å². The molecule has 0 radical (unpaired) electrons. The third-order valence-electron chi connectivity index (χ3n) is 3.91. The summed E-state index contributed by atoms with van der Waals surface area (Å²) >= 11 is 0. The van der Waals surface area contributed by atoms with Gasteiger partial charge in [-0.2, -0.15) is 0 Å². The molecule has 0 saturated carbocycles. The second-order valence-electron chi connectivity index (χ2n) is 5.98. The quantitative estimate of drug-likeness (QED) is 0.822. The van der Waals surface area contributed by atoms with Gasteiger partial charge in [0, 0.05) is 12.0 Å². The molecule has 2 aliphatic rings. The number of nitrogens with zero attached hydrogens (tertiary/aromatic N) is 1. The number of nitrogens with one attached hydrogen (secondary N) is 1. The maximum Gasteiger partial charge on any atom is 0.249 e. The monoisotopic (exact) mass is 292 g/mol. The van der Waals surface area contributed by atoms with Crippen molar-refractivity contribution in [1.29, 1.82) is 0 Å². The van der Waals surface area contributed by atoms with E-state index in [-0.39, 0.29) is 36.8 Å². The molecule has 0 bridgehead atoms. The molecule has 6 heteroatoms. The van der Waals surface area contributed by atoms with Crippen molar-refractivity contribution in [2.24, 2.45) is 0 Å². The molecule has 2 amide bonds. The van der Waals surface area contributed by atoms with Gasteiger partial charge in [0.05, 0.1) is 18.6 Å². The first-order chi connectivity index (χ1) is 9.87. The maximum absolute atomic E-state index is 13.2. The van der Waals surface area contributed by atoms with Gasteiger partial charge in [0.1, 0.15) is 17.7 Å². The van der Waals surface area contributed by atoms with Gasteiger partial charge in [-0.3, -0.25) is 19.8 Å². The van der Waals surface area contributed by atoms with Gasteiger partial charge < -0.3 is 4.74 Å². The first-order valence-corrected chi connectivity index (χ1v) is 6.92. The summed E-state index contributed by atoms with van der Waals surface area (Å²) in [6.45, 7) is 3.81. The Hall–Kier alpha value is -1.95. The van der Waals surface area contributed by atoms with E-state index in [4.69, 9.17) is 4.74 Å². The van der Waals surface area contributed by atoms with Crippen LogP contribution in [0.15, 0.2) is 18.2 Å². The van der Waals surface area contributed by atoms with Crippen molar-refractivity contribution in [3.8, 4) is 5.75 Å². The lowest BCUT2D eigenvalue weighted by Gasteiger charge is -2.37. The van der Waals surface area contributed by atoms with Crippen molar-refractivity contribution in [3.05, 3.63) is 29.6 Å². The van der Waals surface area contributed by atoms with E-state index < -0.39 is 5.54 Å². The number of hydrogen-bond donors (Lipinski definition) is 1. The zero-order chi connectivity index (χ0) is 15.2. The summed E-state index contributed by atoms with van der Waals surface area (Å²) in [5, 5.41) is 2.91. The van der Waals surface area contributed by atoms with Gasteiger partial charge in [-0.25, -0.2) is 4.39 Å². The van der Waals surface area contributed by atoms with Crippen LogP contribution < -0.4 is 10.1 Å². The van der Waals surface area contributed by atoms with Crippen LogP contribution in [0.1, 0.15) is 19.4 Å². The molecule has 1 N–H and O–H groups in total. The van der Waals surface area contributed by atoms with Gasteiger partial charge in [0.2, 0.25) is 11.8 Å². The summed E-state index contributed by atoms with van der Waals surface area (Å²) in [4.78, 5) is 25.5. The summed E-state index contributed by atoms with van der Waals surface area (Å²) in [6.07, 6.45) is 0.182. The minimum Gasteiger partial charge on any atom is -0.488 e. The van der Waals surface area contributed by atoms with E-state index in [9.17, 15) is 14.0 Å². The molecule has 1 aromatic rings. The Kier molecular flexibility index (Phi) is 3.20. The van der Waals surface area contributed by atoms with E-state index >= 15 is 0 Å². The summed E-state index contributed by atoms with van der Waals surface area (Å²) in [6, 6.07) is 4.35. The summed E-state index contributed by atoms with van der Waals surface area (Å²) < 4.78 is 18.9. The molecule has 2 heterocycles. The molecule has 1 fully saturated rings.